The molecule has 0 spiro atoms. The summed E-state index contributed by atoms with van der Waals surface area (Å²) in [6.45, 7) is 4.06. The Kier molecular flexibility index (Phi) is 4.27. The minimum Gasteiger partial charge on any atom is -0.494 e. The number of aromatic nitrogens is 1. The molecule has 1 aromatic heterocycles. The van der Waals surface area contributed by atoms with Crippen molar-refractivity contribution in [3.05, 3.63) is 47.3 Å². The Morgan fingerprint density at radius 3 is 2.52 bits per heavy atom. The summed E-state index contributed by atoms with van der Waals surface area (Å²) in [5, 5.41) is 11.7. The van der Waals surface area contributed by atoms with Crippen LogP contribution in [-0.2, 0) is 0 Å². The zero-order valence-corrected chi connectivity index (χ0v) is 11.8. The van der Waals surface area contributed by atoms with Gasteiger partial charge in [0, 0.05) is 17.5 Å². The Balaban J connectivity index is 2.16. The molecule has 3 N–H and O–H groups in total. The smallest absolute Gasteiger partial charge is 0.339 e. The predicted molar refractivity (Wildman–Crippen MR) is 78.1 cm³/mol. The van der Waals surface area contributed by atoms with Crippen LogP contribution in [0, 0.1) is 6.92 Å². The molecule has 0 aliphatic rings. The van der Waals surface area contributed by atoms with Crippen molar-refractivity contribution in [1.29, 1.82) is 0 Å². The van der Waals surface area contributed by atoms with Gasteiger partial charge in [0.15, 0.2) is 0 Å². The number of nitrogens with one attached hydrogen (secondary N) is 2. The number of aryl methyl sites for hydroxylation is 1. The molecule has 0 saturated carbocycles. The topological polar surface area (TPSA) is 91.4 Å². The molecule has 0 saturated heterocycles. The Bertz CT molecular complexity index is 659. The number of ether oxygens (including phenoxy) is 1. The molecule has 1 amide bonds. The molecular weight excluding hydrogens is 272 g/mol. The average Bonchev–Trinajstić information content (AvgIpc) is 2.81. The number of carboxylic acid groups (broad SMARTS) is 1. The first kappa shape index (κ1) is 14.6. The molecule has 0 fully saturated rings. The molecule has 2 aromatic rings. The monoisotopic (exact) mass is 288 g/mol. The molecule has 6 heteroatoms. The number of carboxylic acids is 1. The highest BCUT2D eigenvalue weighted by molar-refractivity contribution is 6.08. The van der Waals surface area contributed by atoms with E-state index in [-0.39, 0.29) is 17.2 Å². The van der Waals surface area contributed by atoms with Gasteiger partial charge in [0.1, 0.15) is 11.3 Å². The van der Waals surface area contributed by atoms with Crippen molar-refractivity contribution >= 4 is 17.6 Å². The summed E-state index contributed by atoms with van der Waals surface area (Å²) in [7, 11) is 0. The van der Waals surface area contributed by atoms with Crippen molar-refractivity contribution in [3.63, 3.8) is 0 Å². The van der Waals surface area contributed by atoms with Gasteiger partial charge in [-0.1, -0.05) is 0 Å². The lowest BCUT2D eigenvalue weighted by Crippen LogP contribution is -2.14. The number of hydrogen-bond donors (Lipinski definition) is 3. The fourth-order valence-corrected chi connectivity index (χ4v) is 1.96. The van der Waals surface area contributed by atoms with Crippen LogP contribution in [0.2, 0.25) is 0 Å². The quantitative estimate of drug-likeness (QED) is 0.788. The van der Waals surface area contributed by atoms with Crippen LogP contribution in [0.25, 0.3) is 0 Å². The molecule has 0 bridgehead atoms. The van der Waals surface area contributed by atoms with Gasteiger partial charge in [0.25, 0.3) is 5.91 Å². The Labute approximate surface area is 121 Å². The maximum absolute atomic E-state index is 12.1. The van der Waals surface area contributed by atoms with Gasteiger partial charge in [-0.05, 0) is 38.1 Å². The second kappa shape index (κ2) is 6.13. The highest BCUT2D eigenvalue weighted by Gasteiger charge is 2.17. The van der Waals surface area contributed by atoms with E-state index in [1.54, 1.807) is 31.2 Å². The molecule has 1 heterocycles. The number of benzene rings is 1. The van der Waals surface area contributed by atoms with Gasteiger partial charge < -0.3 is 20.1 Å². The third-order valence-electron chi connectivity index (χ3n) is 2.97. The molecule has 0 unspecified atom stereocenters. The van der Waals surface area contributed by atoms with Gasteiger partial charge in [-0.2, -0.15) is 0 Å². The van der Waals surface area contributed by atoms with E-state index in [1.807, 2.05) is 6.92 Å². The summed E-state index contributed by atoms with van der Waals surface area (Å²) in [6.07, 6.45) is 1.46. The van der Waals surface area contributed by atoms with Crippen molar-refractivity contribution in [2.75, 3.05) is 11.9 Å². The first-order valence-corrected chi connectivity index (χ1v) is 6.48. The lowest BCUT2D eigenvalue weighted by molar-refractivity contribution is 0.0697. The van der Waals surface area contributed by atoms with Crippen LogP contribution in [0.5, 0.6) is 5.75 Å². The number of carbonyl (C=O) groups excluding carboxylic acids is 1. The Morgan fingerprint density at radius 2 is 1.95 bits per heavy atom. The van der Waals surface area contributed by atoms with Crippen LogP contribution in [0.3, 0.4) is 0 Å². The van der Waals surface area contributed by atoms with Crippen LogP contribution in [0.1, 0.15) is 33.3 Å². The van der Waals surface area contributed by atoms with E-state index in [0.29, 0.717) is 23.6 Å². The molecule has 0 radical (unpaired) electrons. The normalized spacial score (nSPS) is 10.2. The lowest BCUT2D eigenvalue weighted by atomic mass is 10.2. The maximum atomic E-state index is 12.1. The number of hydrogen-bond acceptors (Lipinski definition) is 3. The first-order chi connectivity index (χ1) is 10.0. The van der Waals surface area contributed by atoms with E-state index in [0.717, 1.165) is 0 Å². The number of amides is 1. The SMILES string of the molecule is CCOc1ccc(C(=O)Nc2c[nH]c(C)c2C(=O)O)cc1. The number of aromatic amines is 1. The van der Waals surface area contributed by atoms with Crippen molar-refractivity contribution in [2.45, 2.75) is 13.8 Å². The maximum Gasteiger partial charge on any atom is 0.339 e. The zero-order chi connectivity index (χ0) is 15.4. The third kappa shape index (κ3) is 3.22. The number of rotatable bonds is 5. The zero-order valence-electron chi connectivity index (χ0n) is 11.8. The number of aromatic carboxylic acids is 1. The highest BCUT2D eigenvalue weighted by Crippen LogP contribution is 2.20. The average molecular weight is 288 g/mol. The van der Waals surface area contributed by atoms with Gasteiger partial charge >= 0.3 is 5.97 Å². The number of anilines is 1. The van der Waals surface area contributed by atoms with Crippen molar-refractivity contribution in [2.24, 2.45) is 0 Å². The van der Waals surface area contributed by atoms with Crippen LogP contribution >= 0.6 is 0 Å². The van der Waals surface area contributed by atoms with Crippen LogP contribution in [0.4, 0.5) is 5.69 Å². The molecule has 1 aromatic carbocycles. The van der Waals surface area contributed by atoms with E-state index in [1.165, 1.54) is 6.20 Å². The minimum absolute atomic E-state index is 0.0642. The summed E-state index contributed by atoms with van der Waals surface area (Å²) in [4.78, 5) is 26.0. The van der Waals surface area contributed by atoms with Crippen LogP contribution in [0.15, 0.2) is 30.5 Å². The molecule has 2 rings (SSSR count). The fourth-order valence-electron chi connectivity index (χ4n) is 1.96. The van der Waals surface area contributed by atoms with Crippen LogP contribution in [-0.4, -0.2) is 28.6 Å². The predicted octanol–water partition coefficient (Wildman–Crippen LogP) is 2.67. The van der Waals surface area contributed by atoms with E-state index in [9.17, 15) is 9.59 Å². The third-order valence-corrected chi connectivity index (χ3v) is 2.97. The second-order valence-corrected chi connectivity index (χ2v) is 4.42. The number of H-pyrrole nitrogens is 1. The van der Waals surface area contributed by atoms with Crippen molar-refractivity contribution < 1.29 is 19.4 Å². The molecule has 110 valence electrons. The van der Waals surface area contributed by atoms with Gasteiger partial charge in [-0.3, -0.25) is 4.79 Å². The van der Waals surface area contributed by atoms with Gasteiger partial charge in [-0.25, -0.2) is 4.79 Å². The van der Waals surface area contributed by atoms with E-state index in [2.05, 4.69) is 10.3 Å². The van der Waals surface area contributed by atoms with Gasteiger partial charge in [-0.15, -0.1) is 0 Å². The summed E-state index contributed by atoms with van der Waals surface area (Å²) < 4.78 is 5.30. The van der Waals surface area contributed by atoms with E-state index in [4.69, 9.17) is 9.84 Å². The molecule has 0 aliphatic carbocycles. The highest BCUT2D eigenvalue weighted by atomic mass is 16.5. The summed E-state index contributed by atoms with van der Waals surface area (Å²) >= 11 is 0. The molecule has 6 nitrogen and oxygen atoms in total. The van der Waals surface area contributed by atoms with Crippen LogP contribution < -0.4 is 10.1 Å². The summed E-state index contributed by atoms with van der Waals surface area (Å²) in [5.41, 5.74) is 1.23. The summed E-state index contributed by atoms with van der Waals surface area (Å²) in [5.74, 6) is -0.784. The van der Waals surface area contributed by atoms with E-state index >= 15 is 0 Å². The molecular formula is C15H16N2O4. The second-order valence-electron chi connectivity index (χ2n) is 4.42. The fraction of sp³-hybridized carbons (Fsp3) is 0.200. The lowest BCUT2D eigenvalue weighted by Gasteiger charge is -2.06. The van der Waals surface area contributed by atoms with Crippen molar-refractivity contribution in [1.82, 2.24) is 4.98 Å². The minimum atomic E-state index is -1.09. The Hall–Kier alpha value is -2.76. The molecule has 0 aliphatic heterocycles. The van der Waals surface area contributed by atoms with Gasteiger partial charge in [0.2, 0.25) is 0 Å². The molecule has 21 heavy (non-hydrogen) atoms. The van der Waals surface area contributed by atoms with Crippen molar-refractivity contribution in [3.8, 4) is 5.75 Å². The molecule has 0 atom stereocenters. The first-order valence-electron chi connectivity index (χ1n) is 6.48. The van der Waals surface area contributed by atoms with E-state index < -0.39 is 5.97 Å². The standard InChI is InChI=1S/C15H16N2O4/c1-3-21-11-6-4-10(5-7-11)14(18)17-12-8-16-9(2)13(12)15(19)20/h4-8,16H,3H2,1-2H3,(H,17,18)(H,19,20). The Morgan fingerprint density at radius 1 is 1.29 bits per heavy atom. The van der Waals surface area contributed by atoms with Gasteiger partial charge in [0.05, 0.1) is 12.3 Å². The largest absolute Gasteiger partial charge is 0.494 e. The summed E-state index contributed by atoms with van der Waals surface area (Å²) in [6, 6.07) is 6.64. The number of carbonyl (C=O) groups is 2.